The van der Waals surface area contributed by atoms with Crippen molar-refractivity contribution in [1.82, 2.24) is 0 Å². The first-order valence-electron chi connectivity index (χ1n) is 3.95. The molecule has 0 bridgehead atoms. The summed E-state index contributed by atoms with van der Waals surface area (Å²) in [5.74, 6) is 0.0115. The third-order valence-corrected chi connectivity index (χ3v) is 2.19. The SMILES string of the molecule is COc1ccc(Cl)c(C=CCCl)c1F. The minimum atomic E-state index is -0.471. The van der Waals surface area contributed by atoms with Gasteiger partial charge in [-0.15, -0.1) is 11.6 Å². The Bertz CT molecular complexity index is 350. The number of hydrogen-bond acceptors (Lipinski definition) is 1. The summed E-state index contributed by atoms with van der Waals surface area (Å²) in [5, 5.41) is 0.338. The van der Waals surface area contributed by atoms with Gasteiger partial charge in [0.25, 0.3) is 0 Å². The molecule has 0 aliphatic carbocycles. The molecule has 0 aliphatic heterocycles. The van der Waals surface area contributed by atoms with Crippen molar-refractivity contribution in [3.8, 4) is 5.75 Å². The van der Waals surface area contributed by atoms with Gasteiger partial charge in [-0.1, -0.05) is 23.8 Å². The van der Waals surface area contributed by atoms with E-state index in [9.17, 15) is 4.39 Å². The second-order valence-corrected chi connectivity index (χ2v) is 3.25. The highest BCUT2D eigenvalue weighted by atomic mass is 35.5. The topological polar surface area (TPSA) is 9.23 Å². The van der Waals surface area contributed by atoms with Gasteiger partial charge in [-0.2, -0.15) is 0 Å². The van der Waals surface area contributed by atoms with E-state index in [1.165, 1.54) is 19.3 Å². The van der Waals surface area contributed by atoms with Crippen molar-refractivity contribution in [2.75, 3.05) is 13.0 Å². The fraction of sp³-hybridized carbons (Fsp3) is 0.200. The summed E-state index contributed by atoms with van der Waals surface area (Å²) < 4.78 is 18.4. The van der Waals surface area contributed by atoms with Gasteiger partial charge in [0.1, 0.15) is 0 Å². The maximum absolute atomic E-state index is 13.6. The Morgan fingerprint density at radius 3 is 2.79 bits per heavy atom. The summed E-state index contributed by atoms with van der Waals surface area (Å²) in [6.07, 6.45) is 3.15. The van der Waals surface area contributed by atoms with Crippen LogP contribution in [0.3, 0.4) is 0 Å². The van der Waals surface area contributed by atoms with E-state index < -0.39 is 5.82 Å². The number of alkyl halides is 1. The first kappa shape index (κ1) is 11.3. The smallest absolute Gasteiger partial charge is 0.173 e. The van der Waals surface area contributed by atoms with Crippen molar-refractivity contribution >= 4 is 29.3 Å². The van der Waals surface area contributed by atoms with Crippen LogP contribution < -0.4 is 4.74 Å². The molecule has 0 fully saturated rings. The van der Waals surface area contributed by atoms with Crippen LogP contribution in [-0.2, 0) is 0 Å². The first-order valence-corrected chi connectivity index (χ1v) is 4.86. The Kier molecular flexibility index (Phi) is 4.23. The highest BCUT2D eigenvalue weighted by Crippen LogP contribution is 2.28. The fourth-order valence-electron chi connectivity index (χ4n) is 1.02. The lowest BCUT2D eigenvalue weighted by molar-refractivity contribution is 0.386. The molecule has 0 aromatic heterocycles. The normalized spacial score (nSPS) is 10.9. The largest absolute Gasteiger partial charge is 0.494 e. The molecular formula is C10H9Cl2FO. The summed E-state index contributed by atoms with van der Waals surface area (Å²) in [6, 6.07) is 3.06. The zero-order valence-electron chi connectivity index (χ0n) is 7.56. The number of methoxy groups -OCH3 is 1. The molecule has 0 radical (unpaired) electrons. The van der Waals surface area contributed by atoms with Crippen LogP contribution in [0.25, 0.3) is 6.08 Å². The molecule has 4 heteroatoms. The molecule has 1 rings (SSSR count). The molecule has 14 heavy (non-hydrogen) atoms. The molecule has 0 amide bonds. The number of rotatable bonds is 3. The molecule has 1 aromatic rings. The van der Waals surface area contributed by atoms with Crippen molar-refractivity contribution in [1.29, 1.82) is 0 Å². The molecule has 1 nitrogen and oxygen atoms in total. The van der Waals surface area contributed by atoms with E-state index in [4.69, 9.17) is 27.9 Å². The summed E-state index contributed by atoms with van der Waals surface area (Å²) >= 11 is 11.3. The maximum Gasteiger partial charge on any atom is 0.173 e. The summed E-state index contributed by atoms with van der Waals surface area (Å²) in [5.41, 5.74) is 0.298. The van der Waals surface area contributed by atoms with Gasteiger partial charge in [0.2, 0.25) is 0 Å². The van der Waals surface area contributed by atoms with E-state index in [2.05, 4.69) is 0 Å². The Morgan fingerprint density at radius 1 is 1.50 bits per heavy atom. The van der Waals surface area contributed by atoms with Crippen LogP contribution in [0.4, 0.5) is 4.39 Å². The standard InChI is InChI=1S/C10H9Cl2FO/c1-14-9-5-4-8(12)7(10(9)13)3-2-6-11/h2-5H,6H2,1H3. The van der Waals surface area contributed by atoms with Crippen LogP contribution in [0, 0.1) is 5.82 Å². The molecule has 76 valence electrons. The van der Waals surface area contributed by atoms with Crippen molar-refractivity contribution in [3.63, 3.8) is 0 Å². The lowest BCUT2D eigenvalue weighted by Gasteiger charge is -2.05. The fourth-order valence-corrected chi connectivity index (χ4v) is 1.32. The van der Waals surface area contributed by atoms with Gasteiger partial charge in [-0.3, -0.25) is 0 Å². The van der Waals surface area contributed by atoms with E-state index in [1.54, 1.807) is 12.1 Å². The van der Waals surface area contributed by atoms with Crippen LogP contribution in [0.5, 0.6) is 5.75 Å². The highest BCUT2D eigenvalue weighted by Gasteiger charge is 2.09. The van der Waals surface area contributed by atoms with Gasteiger partial charge in [0, 0.05) is 11.4 Å². The van der Waals surface area contributed by atoms with Crippen molar-refractivity contribution in [2.24, 2.45) is 0 Å². The molecule has 0 saturated carbocycles. The van der Waals surface area contributed by atoms with Crippen molar-refractivity contribution in [2.45, 2.75) is 0 Å². The highest BCUT2D eigenvalue weighted by molar-refractivity contribution is 6.32. The number of benzene rings is 1. The number of ether oxygens (including phenoxy) is 1. The van der Waals surface area contributed by atoms with E-state index in [0.29, 0.717) is 16.5 Å². The van der Waals surface area contributed by atoms with Crippen molar-refractivity contribution in [3.05, 3.63) is 34.6 Å². The first-order chi connectivity index (χ1) is 6.70. The van der Waals surface area contributed by atoms with Gasteiger partial charge < -0.3 is 4.74 Å². The number of halogens is 3. The van der Waals surface area contributed by atoms with Crippen LogP contribution >= 0.6 is 23.2 Å². The molecule has 0 heterocycles. The van der Waals surface area contributed by atoms with Crippen LogP contribution in [-0.4, -0.2) is 13.0 Å². The van der Waals surface area contributed by atoms with E-state index in [-0.39, 0.29) is 5.75 Å². The lowest BCUT2D eigenvalue weighted by atomic mass is 10.2. The lowest BCUT2D eigenvalue weighted by Crippen LogP contribution is -1.91. The number of allylic oxidation sites excluding steroid dienone is 1. The predicted octanol–water partition coefficient (Wildman–Crippen LogP) is 3.74. The van der Waals surface area contributed by atoms with Crippen molar-refractivity contribution < 1.29 is 9.13 Å². The second-order valence-electron chi connectivity index (χ2n) is 2.53. The van der Waals surface area contributed by atoms with Crippen LogP contribution in [0.15, 0.2) is 18.2 Å². The zero-order valence-corrected chi connectivity index (χ0v) is 9.07. The summed E-state index contributed by atoms with van der Waals surface area (Å²) in [7, 11) is 1.40. The van der Waals surface area contributed by atoms with E-state index in [1.807, 2.05) is 0 Å². The minimum absolute atomic E-state index is 0.170. The molecule has 0 aliphatic rings. The zero-order chi connectivity index (χ0) is 10.6. The average Bonchev–Trinajstić information content (AvgIpc) is 2.18. The maximum atomic E-state index is 13.6. The van der Waals surface area contributed by atoms with E-state index >= 15 is 0 Å². The van der Waals surface area contributed by atoms with Gasteiger partial charge in [0.15, 0.2) is 11.6 Å². The van der Waals surface area contributed by atoms with Gasteiger partial charge in [-0.25, -0.2) is 4.39 Å². The quantitative estimate of drug-likeness (QED) is 0.725. The molecule has 0 unspecified atom stereocenters. The van der Waals surface area contributed by atoms with Gasteiger partial charge >= 0.3 is 0 Å². The Labute approximate surface area is 92.1 Å². The predicted molar refractivity (Wildman–Crippen MR) is 57.7 cm³/mol. The molecule has 0 saturated heterocycles. The molecular weight excluding hydrogens is 226 g/mol. The van der Waals surface area contributed by atoms with Gasteiger partial charge in [0.05, 0.1) is 12.1 Å². The Morgan fingerprint density at radius 2 is 2.21 bits per heavy atom. The monoisotopic (exact) mass is 234 g/mol. The third-order valence-electron chi connectivity index (χ3n) is 1.68. The molecule has 0 N–H and O–H groups in total. The number of hydrogen-bond donors (Lipinski definition) is 0. The van der Waals surface area contributed by atoms with Gasteiger partial charge in [-0.05, 0) is 12.1 Å². The summed E-state index contributed by atoms with van der Waals surface area (Å²) in [4.78, 5) is 0. The third kappa shape index (κ3) is 2.40. The molecule has 0 atom stereocenters. The molecule has 1 aromatic carbocycles. The second kappa shape index (κ2) is 5.23. The Hall–Kier alpha value is -0.730. The average molecular weight is 235 g/mol. The van der Waals surface area contributed by atoms with E-state index in [0.717, 1.165) is 0 Å². The minimum Gasteiger partial charge on any atom is -0.494 e. The molecule has 0 spiro atoms. The van der Waals surface area contributed by atoms with Crippen LogP contribution in [0.1, 0.15) is 5.56 Å². The van der Waals surface area contributed by atoms with Crippen LogP contribution in [0.2, 0.25) is 5.02 Å². The summed E-state index contributed by atoms with van der Waals surface area (Å²) in [6.45, 7) is 0. The Balaban J connectivity index is 3.18.